The molecule has 3 rings (SSSR count). The Bertz CT molecular complexity index is 611. The zero-order valence-electron chi connectivity index (χ0n) is 15.3. The molecule has 0 bridgehead atoms. The van der Waals surface area contributed by atoms with Crippen LogP contribution in [0.1, 0.15) is 43.0 Å². The van der Waals surface area contributed by atoms with Gasteiger partial charge in [-0.1, -0.05) is 18.2 Å². The smallest absolute Gasteiger partial charge is 0.253 e. The first-order valence-electron chi connectivity index (χ1n) is 9.32. The molecule has 0 aliphatic carbocycles. The van der Waals surface area contributed by atoms with Crippen molar-refractivity contribution in [1.82, 2.24) is 15.1 Å². The molecule has 2 fully saturated rings. The minimum Gasteiger partial charge on any atom is -0.353 e. The second-order valence-corrected chi connectivity index (χ2v) is 7.81. The molecule has 1 N–H and O–H groups in total. The van der Waals surface area contributed by atoms with Gasteiger partial charge < -0.3 is 15.1 Å². The molecule has 2 aliphatic heterocycles. The molecule has 5 nitrogen and oxygen atoms in total. The third-order valence-corrected chi connectivity index (χ3v) is 5.61. The summed E-state index contributed by atoms with van der Waals surface area (Å²) in [6, 6.07) is 9.61. The summed E-state index contributed by atoms with van der Waals surface area (Å²) in [5, 5.41) is 3.25. The third kappa shape index (κ3) is 4.21. The van der Waals surface area contributed by atoms with Crippen molar-refractivity contribution in [3.63, 3.8) is 0 Å². The maximum absolute atomic E-state index is 12.9. The fourth-order valence-electron chi connectivity index (χ4n) is 3.87. The predicted octanol–water partition coefficient (Wildman–Crippen LogP) is 2.14. The van der Waals surface area contributed by atoms with Crippen molar-refractivity contribution in [2.45, 2.75) is 38.6 Å². The van der Waals surface area contributed by atoms with Gasteiger partial charge in [0, 0.05) is 24.7 Å². The molecular weight excluding hydrogens is 314 g/mol. The van der Waals surface area contributed by atoms with E-state index in [1.54, 1.807) is 0 Å². The predicted molar refractivity (Wildman–Crippen MR) is 98.3 cm³/mol. The van der Waals surface area contributed by atoms with Crippen LogP contribution in [0.2, 0.25) is 0 Å². The molecule has 5 heteroatoms. The highest BCUT2D eigenvalue weighted by Gasteiger charge is 2.40. The highest BCUT2D eigenvalue weighted by Crippen LogP contribution is 2.31. The van der Waals surface area contributed by atoms with Gasteiger partial charge in [-0.25, -0.2) is 0 Å². The number of nitrogens with zero attached hydrogens (tertiary/aromatic N) is 2. The molecule has 0 spiro atoms. The molecule has 0 aromatic heterocycles. The summed E-state index contributed by atoms with van der Waals surface area (Å²) in [6.45, 7) is 5.28. The van der Waals surface area contributed by atoms with E-state index in [-0.39, 0.29) is 17.9 Å². The van der Waals surface area contributed by atoms with Gasteiger partial charge >= 0.3 is 0 Å². The number of nitrogens with one attached hydrogen (secondary N) is 1. The number of carbonyl (C=O) groups excluding carboxylic acids is 2. The Kier molecular flexibility index (Phi) is 5.42. The molecule has 0 saturated carbocycles. The summed E-state index contributed by atoms with van der Waals surface area (Å²) in [4.78, 5) is 29.8. The van der Waals surface area contributed by atoms with Gasteiger partial charge in [-0.2, -0.15) is 0 Å². The van der Waals surface area contributed by atoms with Gasteiger partial charge in [-0.05, 0) is 64.9 Å². The quantitative estimate of drug-likeness (QED) is 0.915. The lowest BCUT2D eigenvalue weighted by molar-refractivity contribution is -0.133. The van der Waals surface area contributed by atoms with Crippen molar-refractivity contribution in [3.05, 3.63) is 35.9 Å². The molecule has 0 unspecified atom stereocenters. The molecule has 2 aliphatic rings. The van der Waals surface area contributed by atoms with E-state index >= 15 is 0 Å². The van der Waals surface area contributed by atoms with Gasteiger partial charge in [-0.15, -0.1) is 0 Å². The maximum atomic E-state index is 12.9. The molecule has 1 aromatic rings. The zero-order chi connectivity index (χ0) is 17.9. The third-order valence-electron chi connectivity index (χ3n) is 5.61. The van der Waals surface area contributed by atoms with Gasteiger partial charge in [0.1, 0.15) is 0 Å². The number of piperidine rings is 2. The second kappa shape index (κ2) is 7.56. The minimum atomic E-state index is -0.494. The van der Waals surface area contributed by atoms with Crippen LogP contribution < -0.4 is 5.32 Å². The van der Waals surface area contributed by atoms with Crippen molar-refractivity contribution in [3.8, 4) is 0 Å². The molecule has 2 amide bonds. The minimum absolute atomic E-state index is 0.0265. The van der Waals surface area contributed by atoms with E-state index in [9.17, 15) is 9.59 Å². The van der Waals surface area contributed by atoms with Gasteiger partial charge in [0.2, 0.25) is 5.91 Å². The molecule has 1 aromatic carbocycles. The highest BCUT2D eigenvalue weighted by atomic mass is 16.2. The van der Waals surface area contributed by atoms with Crippen molar-refractivity contribution in [1.29, 1.82) is 0 Å². The number of carbonyl (C=O) groups is 2. The van der Waals surface area contributed by atoms with E-state index in [0.29, 0.717) is 12.1 Å². The van der Waals surface area contributed by atoms with Crippen LogP contribution in [0.3, 0.4) is 0 Å². The summed E-state index contributed by atoms with van der Waals surface area (Å²) in [5.74, 6) is 0.131. The van der Waals surface area contributed by atoms with E-state index in [1.165, 1.54) is 0 Å². The largest absolute Gasteiger partial charge is 0.353 e. The topological polar surface area (TPSA) is 52.7 Å². The Hall–Kier alpha value is -1.88. The number of hydrogen-bond donors (Lipinski definition) is 1. The van der Waals surface area contributed by atoms with Crippen molar-refractivity contribution in [2.75, 3.05) is 33.2 Å². The molecule has 2 heterocycles. The Morgan fingerprint density at radius 1 is 1.12 bits per heavy atom. The van der Waals surface area contributed by atoms with Crippen molar-refractivity contribution >= 4 is 11.8 Å². The Morgan fingerprint density at radius 2 is 1.80 bits per heavy atom. The fraction of sp³-hybridized carbons (Fsp3) is 0.600. The Morgan fingerprint density at radius 3 is 2.48 bits per heavy atom. The van der Waals surface area contributed by atoms with Crippen LogP contribution in [0, 0.1) is 5.41 Å². The first-order chi connectivity index (χ1) is 12.0. The van der Waals surface area contributed by atoms with Crippen LogP contribution in [0.15, 0.2) is 30.3 Å². The average molecular weight is 343 g/mol. The highest BCUT2D eigenvalue weighted by molar-refractivity contribution is 5.95. The van der Waals surface area contributed by atoms with Crippen molar-refractivity contribution in [2.24, 2.45) is 5.41 Å². The van der Waals surface area contributed by atoms with Crippen molar-refractivity contribution < 1.29 is 9.59 Å². The van der Waals surface area contributed by atoms with Crippen LogP contribution in [-0.2, 0) is 4.79 Å². The Balaban J connectivity index is 1.62. The normalized spacial score (nSPS) is 25.6. The SMILES string of the molecule is CN1CCC(NC(=O)[C@@]2(C)CCCN(C(=O)c3ccccc3)C2)CC1. The summed E-state index contributed by atoms with van der Waals surface area (Å²) < 4.78 is 0. The number of likely N-dealkylation sites (tertiary alicyclic amines) is 2. The summed E-state index contributed by atoms with van der Waals surface area (Å²) in [6.07, 6.45) is 3.72. The number of benzene rings is 1. The summed E-state index contributed by atoms with van der Waals surface area (Å²) in [5.41, 5.74) is 0.203. The van der Waals surface area contributed by atoms with Crippen LogP contribution in [0.25, 0.3) is 0 Å². The lowest BCUT2D eigenvalue weighted by atomic mass is 9.80. The van der Waals surface area contributed by atoms with Crippen LogP contribution in [0.4, 0.5) is 0 Å². The standard InChI is InChI=1S/C20H29N3O2/c1-20(19(25)21-17-9-13-22(2)14-10-17)11-6-12-23(15-20)18(24)16-7-4-3-5-8-16/h3-5,7-8,17H,6,9-15H2,1-2H3,(H,21,25)/t20-/m0/s1. The van der Waals surface area contributed by atoms with Gasteiger partial charge in [0.05, 0.1) is 5.41 Å². The van der Waals surface area contributed by atoms with Gasteiger partial charge in [-0.3, -0.25) is 9.59 Å². The lowest BCUT2D eigenvalue weighted by Gasteiger charge is -2.40. The fourth-order valence-corrected chi connectivity index (χ4v) is 3.87. The molecule has 2 saturated heterocycles. The molecule has 136 valence electrons. The van der Waals surface area contributed by atoms with Gasteiger partial charge in [0.15, 0.2) is 0 Å². The molecule has 0 radical (unpaired) electrons. The Labute approximate surface area is 150 Å². The monoisotopic (exact) mass is 343 g/mol. The number of amides is 2. The molecule has 25 heavy (non-hydrogen) atoms. The van der Waals surface area contributed by atoms with Crippen LogP contribution in [-0.4, -0.2) is 60.9 Å². The maximum Gasteiger partial charge on any atom is 0.253 e. The average Bonchev–Trinajstić information content (AvgIpc) is 2.63. The lowest BCUT2D eigenvalue weighted by Crippen LogP contribution is -2.54. The zero-order valence-corrected chi connectivity index (χ0v) is 15.3. The van der Waals surface area contributed by atoms with E-state index in [4.69, 9.17) is 0 Å². The second-order valence-electron chi connectivity index (χ2n) is 7.81. The first kappa shape index (κ1) is 17.9. The van der Waals surface area contributed by atoms with Crippen LogP contribution in [0.5, 0.6) is 0 Å². The summed E-state index contributed by atoms with van der Waals surface area (Å²) in [7, 11) is 2.12. The number of hydrogen-bond acceptors (Lipinski definition) is 3. The van der Waals surface area contributed by atoms with Crippen LogP contribution >= 0.6 is 0 Å². The van der Waals surface area contributed by atoms with Gasteiger partial charge in [0.25, 0.3) is 5.91 Å². The van der Waals surface area contributed by atoms with E-state index in [0.717, 1.165) is 45.3 Å². The molecule has 1 atom stereocenters. The number of rotatable bonds is 3. The van der Waals surface area contributed by atoms with E-state index < -0.39 is 5.41 Å². The molecular formula is C20H29N3O2. The summed E-state index contributed by atoms with van der Waals surface area (Å²) >= 11 is 0. The first-order valence-corrected chi connectivity index (χ1v) is 9.32. The van der Waals surface area contributed by atoms with E-state index in [2.05, 4.69) is 17.3 Å². The van der Waals surface area contributed by atoms with E-state index in [1.807, 2.05) is 42.2 Å².